The molecule has 0 N–H and O–H groups in total. The van der Waals surface area contributed by atoms with Gasteiger partial charge in [-0.25, -0.2) is 18.3 Å². The summed E-state index contributed by atoms with van der Waals surface area (Å²) in [6, 6.07) is 16.2. The van der Waals surface area contributed by atoms with Crippen molar-refractivity contribution in [1.82, 2.24) is 9.13 Å². The molecule has 196 valence electrons. The molecule has 8 heteroatoms. The molecule has 38 heavy (non-hydrogen) atoms. The monoisotopic (exact) mass is 510 g/mol. The number of hydrogen-bond acceptors (Lipinski definition) is 4. The minimum absolute atomic E-state index is 0.113. The van der Waals surface area contributed by atoms with Crippen LogP contribution in [0.25, 0.3) is 0 Å². The van der Waals surface area contributed by atoms with Crippen LogP contribution >= 0.6 is 0 Å². The fourth-order valence-electron chi connectivity index (χ4n) is 5.73. The number of hydrogen-bond donors (Lipinski definition) is 0. The first-order chi connectivity index (χ1) is 18.3. The molecule has 2 aromatic carbocycles. The lowest BCUT2D eigenvalue weighted by Gasteiger charge is -2.38. The predicted molar refractivity (Wildman–Crippen MR) is 142 cm³/mol. The summed E-state index contributed by atoms with van der Waals surface area (Å²) in [6.45, 7) is 0. The Bertz CT molecular complexity index is 1340. The lowest BCUT2D eigenvalue weighted by molar-refractivity contribution is -0.674. The van der Waals surface area contributed by atoms with Crippen molar-refractivity contribution in [2.24, 2.45) is 38.2 Å². The van der Waals surface area contributed by atoms with E-state index in [9.17, 15) is 10.2 Å². The van der Waals surface area contributed by atoms with Gasteiger partial charge in [-0.15, -0.1) is 0 Å². The zero-order valence-corrected chi connectivity index (χ0v) is 22.5. The molecule has 0 unspecified atom stereocenters. The van der Waals surface area contributed by atoms with E-state index in [1.165, 1.54) is 17.5 Å². The standard InChI is InChI=1S/C30H34N6O2/c1-33-18-19-34(2)28(33)26(37)31-24-12-8-22(9-13-24)30(16-6-5-7-17-30)23-10-14-25(15-11-23)32-27(38)29-35(3)20-21-36(29)4/h8-15,18-21H,5-7,16-17H2,1-4H3. The van der Waals surface area contributed by atoms with E-state index >= 15 is 0 Å². The second-order valence-corrected chi connectivity index (χ2v) is 10.3. The number of imidazole rings is 2. The van der Waals surface area contributed by atoms with Crippen LogP contribution in [0, 0.1) is 0 Å². The largest absolute Gasteiger partial charge is 0.853 e. The summed E-state index contributed by atoms with van der Waals surface area (Å²) in [5, 5.41) is 25.5. The molecule has 1 aliphatic rings. The first-order valence-corrected chi connectivity index (χ1v) is 13.0. The molecular formula is C30H34N6O2. The van der Waals surface area contributed by atoms with Gasteiger partial charge in [-0.2, -0.15) is 0 Å². The smallest absolute Gasteiger partial charge is 0.292 e. The van der Waals surface area contributed by atoms with Crippen molar-refractivity contribution in [3.8, 4) is 0 Å². The maximum absolute atomic E-state index is 12.8. The van der Waals surface area contributed by atoms with Gasteiger partial charge in [0, 0.05) is 5.41 Å². The summed E-state index contributed by atoms with van der Waals surface area (Å²) >= 11 is 0. The second kappa shape index (κ2) is 10.3. The van der Waals surface area contributed by atoms with Gasteiger partial charge in [-0.3, -0.25) is 9.98 Å². The SMILES string of the molecule is Cn1cc[n+](C)c1/C([O-])=N/c1ccc(C2(c3ccc(/N=C(\[O-])c4n(C)cc[n+]4C)cc3)CCCCC2)cc1. The normalized spacial score (nSPS) is 16.1. The topological polar surface area (TPSA) is 88.5 Å². The Balaban J connectivity index is 1.44. The molecule has 0 atom stereocenters. The van der Waals surface area contributed by atoms with Crippen LogP contribution in [0.1, 0.15) is 54.9 Å². The highest BCUT2D eigenvalue weighted by Crippen LogP contribution is 2.45. The number of rotatable bonds is 6. The minimum Gasteiger partial charge on any atom is -0.853 e. The van der Waals surface area contributed by atoms with Crippen LogP contribution in [-0.4, -0.2) is 20.9 Å². The van der Waals surface area contributed by atoms with Gasteiger partial charge in [0.2, 0.25) is 0 Å². The third-order valence-corrected chi connectivity index (χ3v) is 7.75. The van der Waals surface area contributed by atoms with Crippen molar-refractivity contribution in [1.29, 1.82) is 0 Å². The number of aliphatic imine (C=N–C) groups is 2. The Labute approximate surface area is 223 Å². The molecule has 1 saturated carbocycles. The van der Waals surface area contributed by atoms with Crippen molar-refractivity contribution < 1.29 is 19.3 Å². The molecule has 2 aromatic heterocycles. The molecule has 1 fully saturated rings. The Morgan fingerprint density at radius 1 is 0.684 bits per heavy atom. The molecule has 0 radical (unpaired) electrons. The van der Waals surface area contributed by atoms with Crippen molar-refractivity contribution in [3.63, 3.8) is 0 Å². The summed E-state index contributed by atoms with van der Waals surface area (Å²) in [4.78, 5) is 8.70. The number of aromatic nitrogens is 4. The average Bonchev–Trinajstić information content (AvgIpc) is 3.44. The quantitative estimate of drug-likeness (QED) is 0.226. The van der Waals surface area contributed by atoms with Crippen LogP contribution in [0.3, 0.4) is 0 Å². The molecule has 5 rings (SSSR count). The van der Waals surface area contributed by atoms with Crippen molar-refractivity contribution in [2.45, 2.75) is 37.5 Å². The molecule has 0 aliphatic heterocycles. The highest BCUT2D eigenvalue weighted by Gasteiger charge is 2.35. The van der Waals surface area contributed by atoms with Crippen molar-refractivity contribution in [3.05, 3.63) is 96.1 Å². The Morgan fingerprint density at radius 3 is 1.42 bits per heavy atom. The van der Waals surface area contributed by atoms with Crippen LogP contribution < -0.4 is 19.3 Å². The van der Waals surface area contributed by atoms with E-state index in [4.69, 9.17) is 0 Å². The number of benzene rings is 2. The van der Waals surface area contributed by atoms with E-state index in [-0.39, 0.29) is 17.2 Å². The average molecular weight is 511 g/mol. The summed E-state index contributed by atoms with van der Waals surface area (Å²) in [7, 11) is 7.37. The molecule has 2 heterocycles. The molecular weight excluding hydrogens is 476 g/mol. The molecule has 1 aliphatic carbocycles. The van der Waals surface area contributed by atoms with Crippen LogP contribution in [0.2, 0.25) is 0 Å². The van der Waals surface area contributed by atoms with E-state index in [0.29, 0.717) is 23.0 Å². The predicted octanol–water partition coefficient (Wildman–Crippen LogP) is 2.14. The lowest BCUT2D eigenvalue weighted by atomic mass is 9.65. The summed E-state index contributed by atoms with van der Waals surface area (Å²) < 4.78 is 7.11. The van der Waals surface area contributed by atoms with Gasteiger partial charge in [0.1, 0.15) is 24.8 Å². The first-order valence-electron chi connectivity index (χ1n) is 13.0. The van der Waals surface area contributed by atoms with Crippen molar-refractivity contribution >= 4 is 23.2 Å². The Morgan fingerprint density at radius 2 is 1.08 bits per heavy atom. The first kappa shape index (κ1) is 25.4. The third kappa shape index (κ3) is 4.74. The molecule has 8 nitrogen and oxygen atoms in total. The number of aryl methyl sites for hydroxylation is 4. The van der Waals surface area contributed by atoms with Crippen LogP contribution in [0.15, 0.2) is 83.3 Å². The maximum Gasteiger partial charge on any atom is 0.292 e. The van der Waals surface area contributed by atoms with E-state index in [0.717, 1.165) is 25.7 Å². The fraction of sp³-hybridized carbons (Fsp3) is 0.333. The summed E-state index contributed by atoms with van der Waals surface area (Å²) in [6.07, 6.45) is 13.0. The van der Waals surface area contributed by atoms with Gasteiger partial charge in [-0.1, -0.05) is 43.5 Å². The zero-order chi connectivity index (χ0) is 26.9. The van der Waals surface area contributed by atoms with Crippen LogP contribution in [-0.2, 0) is 33.6 Å². The lowest BCUT2D eigenvalue weighted by Crippen LogP contribution is -2.39. The van der Waals surface area contributed by atoms with Gasteiger partial charge in [0.05, 0.1) is 51.4 Å². The van der Waals surface area contributed by atoms with E-state index < -0.39 is 0 Å². The van der Waals surface area contributed by atoms with Crippen LogP contribution in [0.5, 0.6) is 0 Å². The molecule has 0 saturated heterocycles. The third-order valence-electron chi connectivity index (χ3n) is 7.75. The van der Waals surface area contributed by atoms with Crippen molar-refractivity contribution in [2.75, 3.05) is 0 Å². The number of nitrogens with zero attached hydrogens (tertiary/aromatic N) is 6. The van der Waals surface area contributed by atoms with E-state index in [2.05, 4.69) is 34.3 Å². The van der Waals surface area contributed by atoms with Crippen LogP contribution in [0.4, 0.5) is 11.4 Å². The van der Waals surface area contributed by atoms with Gasteiger partial charge in [0.15, 0.2) is 0 Å². The second-order valence-electron chi connectivity index (χ2n) is 10.3. The Kier molecular flexibility index (Phi) is 6.89. The highest BCUT2D eigenvalue weighted by molar-refractivity contribution is 5.88. The molecule has 0 spiro atoms. The molecule has 0 amide bonds. The van der Waals surface area contributed by atoms with Gasteiger partial charge < -0.3 is 10.2 Å². The fourth-order valence-corrected chi connectivity index (χ4v) is 5.73. The highest BCUT2D eigenvalue weighted by atomic mass is 16.3. The van der Waals surface area contributed by atoms with Gasteiger partial charge >= 0.3 is 0 Å². The Hall–Kier alpha value is -4.20. The van der Waals surface area contributed by atoms with E-state index in [1.54, 1.807) is 18.3 Å². The molecule has 0 bridgehead atoms. The zero-order valence-electron chi connectivity index (χ0n) is 22.5. The maximum atomic E-state index is 12.8. The van der Waals surface area contributed by atoms with Gasteiger partial charge in [0.25, 0.3) is 11.6 Å². The van der Waals surface area contributed by atoms with E-state index in [1.807, 2.05) is 77.2 Å². The van der Waals surface area contributed by atoms with Gasteiger partial charge in [-0.05, 0) is 48.2 Å². The summed E-state index contributed by atoms with van der Waals surface area (Å²) in [5.41, 5.74) is 3.63. The summed E-state index contributed by atoms with van der Waals surface area (Å²) in [5.74, 6) is 0.529. The molecule has 4 aromatic rings. The minimum atomic E-state index is -0.266.